The van der Waals surface area contributed by atoms with Gasteiger partial charge in [0.25, 0.3) is 0 Å². The van der Waals surface area contributed by atoms with Gasteiger partial charge in [0.2, 0.25) is 0 Å². The van der Waals surface area contributed by atoms with E-state index in [0.717, 1.165) is 65.4 Å². The zero-order valence-corrected chi connectivity index (χ0v) is 24.9. The van der Waals surface area contributed by atoms with Crippen LogP contribution < -0.4 is 0 Å². The molecule has 0 aliphatic heterocycles. The van der Waals surface area contributed by atoms with E-state index in [4.69, 9.17) is 19.4 Å². The highest BCUT2D eigenvalue weighted by atomic mass is 79.9. The molecule has 6 heteroatoms. The molecule has 3 heterocycles. The summed E-state index contributed by atoms with van der Waals surface area (Å²) in [6, 6.07) is 43.0. The first-order valence-corrected chi connectivity index (χ1v) is 15.0. The summed E-state index contributed by atoms with van der Waals surface area (Å²) in [5.41, 5.74) is 8.67. The summed E-state index contributed by atoms with van der Waals surface area (Å²) in [6.45, 7) is 0. The van der Waals surface area contributed by atoms with E-state index in [2.05, 4.69) is 75.5 Å². The van der Waals surface area contributed by atoms with Gasteiger partial charge >= 0.3 is 0 Å². The lowest BCUT2D eigenvalue weighted by Gasteiger charge is -2.11. The summed E-state index contributed by atoms with van der Waals surface area (Å²) in [7, 11) is 0. The van der Waals surface area contributed by atoms with Crippen LogP contribution in [-0.2, 0) is 0 Å². The van der Waals surface area contributed by atoms with E-state index in [1.807, 2.05) is 79.0 Å². The van der Waals surface area contributed by atoms with Crippen molar-refractivity contribution in [2.75, 3.05) is 0 Å². The van der Waals surface area contributed by atoms with Crippen LogP contribution in [-0.4, -0.2) is 19.9 Å². The van der Waals surface area contributed by atoms with E-state index < -0.39 is 0 Å². The maximum Gasteiger partial charge on any atom is 0.164 e. The summed E-state index contributed by atoms with van der Waals surface area (Å²) < 4.78 is 7.12. The van der Waals surface area contributed by atoms with Crippen LogP contribution in [0.15, 0.2) is 149 Å². The minimum atomic E-state index is 0.582. The molecule has 8 aromatic rings. The second-order valence-corrected chi connectivity index (χ2v) is 11.4. The Kier molecular flexibility index (Phi) is 6.54. The maximum absolute atomic E-state index is 6.18. The van der Waals surface area contributed by atoms with Crippen molar-refractivity contribution < 1.29 is 4.42 Å². The Morgan fingerprint density at radius 1 is 0.432 bits per heavy atom. The van der Waals surface area contributed by atoms with Gasteiger partial charge in [-0.2, -0.15) is 0 Å². The van der Waals surface area contributed by atoms with Crippen molar-refractivity contribution in [3.63, 3.8) is 0 Å². The predicted octanol–water partition coefficient (Wildman–Crippen LogP) is 10.3. The summed E-state index contributed by atoms with van der Waals surface area (Å²) in [4.78, 5) is 19.1. The number of pyridine rings is 1. The van der Waals surface area contributed by atoms with Gasteiger partial charge in [0.15, 0.2) is 17.5 Å². The first-order valence-electron chi connectivity index (χ1n) is 14.2. The molecule has 0 N–H and O–H groups in total. The normalized spacial score (nSPS) is 11.3. The lowest BCUT2D eigenvalue weighted by Crippen LogP contribution is -2.00. The maximum atomic E-state index is 6.18. The molecule has 0 saturated carbocycles. The van der Waals surface area contributed by atoms with Crippen LogP contribution in [0.1, 0.15) is 0 Å². The van der Waals surface area contributed by atoms with Gasteiger partial charge in [-0.05, 0) is 64.7 Å². The third-order valence-corrected chi connectivity index (χ3v) is 8.13. The van der Waals surface area contributed by atoms with E-state index in [1.54, 1.807) is 6.20 Å². The Morgan fingerprint density at radius 2 is 1.05 bits per heavy atom. The Bertz CT molecular complexity index is 2280. The van der Waals surface area contributed by atoms with Gasteiger partial charge in [0, 0.05) is 44.3 Å². The molecule has 44 heavy (non-hydrogen) atoms. The molecule has 0 amide bonds. The van der Waals surface area contributed by atoms with Gasteiger partial charge in [0.05, 0.1) is 0 Å². The first kappa shape index (κ1) is 26.2. The van der Waals surface area contributed by atoms with Crippen LogP contribution in [0.5, 0.6) is 0 Å². The molecule has 0 atom stereocenters. The van der Waals surface area contributed by atoms with Crippen molar-refractivity contribution in [1.29, 1.82) is 0 Å². The molecule has 8 rings (SSSR count). The quantitative estimate of drug-likeness (QED) is 0.189. The van der Waals surface area contributed by atoms with E-state index >= 15 is 0 Å². The minimum absolute atomic E-state index is 0.582. The number of fused-ring (bicyclic) bond motifs is 3. The smallest absolute Gasteiger partial charge is 0.164 e. The Morgan fingerprint density at radius 3 is 1.82 bits per heavy atom. The zero-order valence-electron chi connectivity index (χ0n) is 23.4. The highest BCUT2D eigenvalue weighted by Crippen LogP contribution is 2.34. The number of hydrogen-bond acceptors (Lipinski definition) is 5. The average molecular weight is 632 g/mol. The molecule has 0 radical (unpaired) electrons. The topological polar surface area (TPSA) is 64.7 Å². The number of rotatable bonds is 5. The van der Waals surface area contributed by atoms with Crippen molar-refractivity contribution in [2.45, 2.75) is 0 Å². The number of halogens is 1. The molecule has 0 fully saturated rings. The summed E-state index contributed by atoms with van der Waals surface area (Å²) >= 11 is 3.74. The third-order valence-electron chi connectivity index (χ3n) is 7.67. The number of para-hydroxylation sites is 1. The van der Waals surface area contributed by atoms with Gasteiger partial charge < -0.3 is 4.42 Å². The Balaban J connectivity index is 1.24. The Labute approximate surface area is 262 Å². The largest absolute Gasteiger partial charge is 0.456 e. The third kappa shape index (κ3) is 4.95. The van der Waals surface area contributed by atoms with Gasteiger partial charge in [-0.1, -0.05) is 101 Å². The second-order valence-electron chi connectivity index (χ2n) is 10.5. The molecule has 5 aromatic carbocycles. The molecular weight excluding hydrogens is 608 g/mol. The summed E-state index contributed by atoms with van der Waals surface area (Å²) in [5.74, 6) is 1.78. The molecule has 208 valence electrons. The van der Waals surface area contributed by atoms with Crippen molar-refractivity contribution in [2.24, 2.45) is 0 Å². The van der Waals surface area contributed by atoms with Crippen LogP contribution >= 0.6 is 15.9 Å². The van der Waals surface area contributed by atoms with Crippen LogP contribution in [0.25, 0.3) is 78.4 Å². The van der Waals surface area contributed by atoms with Crippen molar-refractivity contribution >= 4 is 37.9 Å². The highest BCUT2D eigenvalue weighted by molar-refractivity contribution is 9.10. The molecule has 5 nitrogen and oxygen atoms in total. The molecular formula is C38H23BrN4O. The molecule has 0 unspecified atom stereocenters. The number of furan rings is 1. The van der Waals surface area contributed by atoms with Gasteiger partial charge in [0.1, 0.15) is 11.2 Å². The van der Waals surface area contributed by atoms with Crippen molar-refractivity contribution in [3.8, 4) is 56.4 Å². The second kappa shape index (κ2) is 11.0. The molecule has 0 aliphatic carbocycles. The number of hydrogen-bond donors (Lipinski definition) is 0. The summed E-state index contributed by atoms with van der Waals surface area (Å²) in [6.07, 6.45) is 3.66. The molecule has 0 saturated heterocycles. The van der Waals surface area contributed by atoms with E-state index in [1.165, 1.54) is 0 Å². The Hall–Kier alpha value is -5.46. The minimum Gasteiger partial charge on any atom is -0.456 e. The van der Waals surface area contributed by atoms with E-state index in [-0.39, 0.29) is 0 Å². The van der Waals surface area contributed by atoms with Crippen LogP contribution in [0.3, 0.4) is 0 Å². The van der Waals surface area contributed by atoms with Crippen molar-refractivity contribution in [1.82, 2.24) is 19.9 Å². The molecule has 0 aliphatic rings. The van der Waals surface area contributed by atoms with Crippen LogP contribution in [0.2, 0.25) is 0 Å². The lowest BCUT2D eigenvalue weighted by atomic mass is 9.99. The summed E-state index contributed by atoms with van der Waals surface area (Å²) in [5, 5.41) is 2.15. The molecule has 3 aromatic heterocycles. The van der Waals surface area contributed by atoms with Gasteiger partial charge in [-0.3, -0.25) is 4.98 Å². The monoisotopic (exact) mass is 630 g/mol. The zero-order chi connectivity index (χ0) is 29.5. The van der Waals surface area contributed by atoms with Crippen molar-refractivity contribution in [3.05, 3.63) is 144 Å². The fourth-order valence-corrected chi connectivity index (χ4v) is 5.98. The SMILES string of the molecule is Brc1cc(-c2ccc(-c3cccnc3)cc2)cc(-c2nc(-c3ccccc3)nc(-c3ccc4c(c3)oc3ccccc34)n2)c1. The molecule has 0 spiro atoms. The average Bonchev–Trinajstić information content (AvgIpc) is 3.47. The lowest BCUT2D eigenvalue weighted by molar-refractivity contribution is 0.669. The van der Waals surface area contributed by atoms with Crippen LogP contribution in [0, 0.1) is 0 Å². The predicted molar refractivity (Wildman–Crippen MR) is 180 cm³/mol. The first-order chi connectivity index (χ1) is 21.7. The molecule has 0 bridgehead atoms. The van der Waals surface area contributed by atoms with Gasteiger partial charge in [-0.15, -0.1) is 0 Å². The number of aromatic nitrogens is 4. The van der Waals surface area contributed by atoms with Gasteiger partial charge in [-0.25, -0.2) is 15.0 Å². The van der Waals surface area contributed by atoms with E-state index in [9.17, 15) is 0 Å². The van der Waals surface area contributed by atoms with E-state index in [0.29, 0.717) is 17.5 Å². The highest BCUT2D eigenvalue weighted by Gasteiger charge is 2.16. The van der Waals surface area contributed by atoms with Crippen LogP contribution in [0.4, 0.5) is 0 Å². The fraction of sp³-hybridized carbons (Fsp3) is 0. The fourth-order valence-electron chi connectivity index (χ4n) is 5.49. The standard InChI is InChI=1S/C38H23BrN4O/c39-31-20-29(25-14-12-24(13-15-25)28-9-6-18-40-23-28)19-30(21-31)38-42-36(26-7-2-1-3-8-26)41-37(43-38)27-16-17-33-32-10-4-5-11-34(32)44-35(33)22-27/h1-23H. The number of benzene rings is 5. The number of nitrogens with zero attached hydrogens (tertiary/aromatic N) is 4.